The van der Waals surface area contributed by atoms with Gasteiger partial charge in [0.25, 0.3) is 0 Å². The van der Waals surface area contributed by atoms with E-state index in [2.05, 4.69) is 9.97 Å². The monoisotopic (exact) mass is 186 g/mol. The third-order valence-electron chi connectivity index (χ3n) is 2.18. The Bertz CT molecular complexity index is 611. The molecule has 0 saturated heterocycles. The number of oxazole rings is 1. The normalized spacial score (nSPS) is 11.1. The van der Waals surface area contributed by atoms with Gasteiger partial charge in [-0.3, -0.25) is 9.97 Å². The molecule has 2 heterocycles. The average molecular weight is 186 g/mol. The van der Waals surface area contributed by atoms with Crippen LogP contribution < -0.4 is 5.76 Å². The molecule has 14 heavy (non-hydrogen) atoms. The summed E-state index contributed by atoms with van der Waals surface area (Å²) >= 11 is 0. The van der Waals surface area contributed by atoms with Gasteiger partial charge in [-0.1, -0.05) is 0 Å². The molecule has 0 fully saturated rings. The number of pyridine rings is 1. The number of aromatic nitrogens is 2. The number of nitrogens with one attached hydrogen (secondary N) is 1. The zero-order valence-electron chi connectivity index (χ0n) is 7.15. The number of benzene rings is 1. The van der Waals surface area contributed by atoms with Gasteiger partial charge in [-0.15, -0.1) is 0 Å². The fourth-order valence-corrected chi connectivity index (χ4v) is 1.53. The molecular formula is C10H6N2O2. The van der Waals surface area contributed by atoms with Crippen LogP contribution in [0.25, 0.3) is 21.9 Å². The lowest BCUT2D eigenvalue weighted by Crippen LogP contribution is -1.92. The van der Waals surface area contributed by atoms with Gasteiger partial charge in [0.05, 0.1) is 5.52 Å². The minimum atomic E-state index is -0.428. The molecule has 0 saturated carbocycles. The molecule has 4 heteroatoms. The van der Waals surface area contributed by atoms with Crippen LogP contribution in [0.4, 0.5) is 0 Å². The maximum atomic E-state index is 10.9. The third-order valence-corrected chi connectivity index (χ3v) is 2.18. The summed E-state index contributed by atoms with van der Waals surface area (Å²) in [5.41, 5.74) is 1.28. The second-order valence-corrected chi connectivity index (χ2v) is 3.09. The van der Waals surface area contributed by atoms with Crippen LogP contribution in [0.2, 0.25) is 0 Å². The Morgan fingerprint density at radius 3 is 3.14 bits per heavy atom. The van der Waals surface area contributed by atoms with Gasteiger partial charge in [-0.2, -0.15) is 0 Å². The molecule has 0 radical (unpaired) electrons. The molecule has 0 spiro atoms. The van der Waals surface area contributed by atoms with Crippen molar-refractivity contribution in [2.24, 2.45) is 0 Å². The maximum absolute atomic E-state index is 10.9. The number of hydrogen-bond acceptors (Lipinski definition) is 3. The van der Waals surface area contributed by atoms with E-state index in [1.165, 1.54) is 0 Å². The Morgan fingerprint density at radius 1 is 1.29 bits per heavy atom. The van der Waals surface area contributed by atoms with Gasteiger partial charge >= 0.3 is 5.76 Å². The molecule has 1 N–H and O–H groups in total. The number of fused-ring (bicyclic) bond motifs is 2. The fourth-order valence-electron chi connectivity index (χ4n) is 1.53. The van der Waals surface area contributed by atoms with Crippen molar-refractivity contribution in [3.05, 3.63) is 41.1 Å². The van der Waals surface area contributed by atoms with E-state index in [9.17, 15) is 4.79 Å². The summed E-state index contributed by atoms with van der Waals surface area (Å²) in [7, 11) is 0. The highest BCUT2D eigenvalue weighted by Crippen LogP contribution is 2.19. The van der Waals surface area contributed by atoms with Gasteiger partial charge in [0.15, 0.2) is 5.58 Å². The van der Waals surface area contributed by atoms with Crippen molar-refractivity contribution >= 4 is 21.9 Å². The lowest BCUT2D eigenvalue weighted by Gasteiger charge is -1.94. The molecule has 0 atom stereocenters. The van der Waals surface area contributed by atoms with Crippen molar-refractivity contribution in [1.29, 1.82) is 0 Å². The highest BCUT2D eigenvalue weighted by Gasteiger charge is 2.02. The Morgan fingerprint density at radius 2 is 2.21 bits per heavy atom. The van der Waals surface area contributed by atoms with E-state index >= 15 is 0 Å². The lowest BCUT2D eigenvalue weighted by molar-refractivity contribution is 0.555. The SMILES string of the molecule is O=c1[nH]c2cc3ccncc3cc2o1. The fraction of sp³-hybridized carbons (Fsp3) is 0. The molecular weight excluding hydrogens is 180 g/mol. The Kier molecular flexibility index (Phi) is 1.28. The second-order valence-electron chi connectivity index (χ2n) is 3.09. The van der Waals surface area contributed by atoms with E-state index in [1.54, 1.807) is 18.5 Å². The Hall–Kier alpha value is -2.10. The molecule has 0 aliphatic heterocycles. The molecule has 0 aliphatic carbocycles. The molecule has 0 amide bonds. The second kappa shape index (κ2) is 2.45. The zero-order chi connectivity index (χ0) is 9.54. The van der Waals surface area contributed by atoms with E-state index in [0.29, 0.717) is 11.1 Å². The first kappa shape index (κ1) is 7.32. The maximum Gasteiger partial charge on any atom is 0.417 e. The average Bonchev–Trinajstić information content (AvgIpc) is 2.53. The number of hydrogen-bond donors (Lipinski definition) is 1. The largest absolute Gasteiger partial charge is 0.417 e. The zero-order valence-corrected chi connectivity index (χ0v) is 7.15. The summed E-state index contributed by atoms with van der Waals surface area (Å²) in [6, 6.07) is 5.56. The van der Waals surface area contributed by atoms with Gasteiger partial charge < -0.3 is 4.42 Å². The quantitative estimate of drug-likeness (QED) is 0.581. The minimum absolute atomic E-state index is 0.428. The lowest BCUT2D eigenvalue weighted by atomic mass is 10.2. The van der Waals surface area contributed by atoms with Crippen LogP contribution in [0.15, 0.2) is 39.8 Å². The molecule has 3 rings (SSSR count). The number of H-pyrrole nitrogens is 1. The van der Waals surface area contributed by atoms with Gasteiger partial charge in [0.1, 0.15) is 0 Å². The summed E-state index contributed by atoms with van der Waals surface area (Å²) < 4.78 is 4.94. The van der Waals surface area contributed by atoms with Crippen LogP contribution in [-0.2, 0) is 0 Å². The van der Waals surface area contributed by atoms with E-state index in [1.807, 2.05) is 12.1 Å². The Labute approximate surface area is 78.2 Å². The molecule has 0 bridgehead atoms. The van der Waals surface area contributed by atoms with Crippen LogP contribution >= 0.6 is 0 Å². The standard InChI is InChI=1S/C10H6N2O2/c13-10-12-8-3-6-1-2-11-5-7(6)4-9(8)14-10/h1-5H,(H,12,13). The minimum Gasteiger partial charge on any atom is -0.408 e. The third kappa shape index (κ3) is 0.939. The first-order valence-corrected chi connectivity index (χ1v) is 4.19. The number of nitrogens with zero attached hydrogens (tertiary/aromatic N) is 1. The van der Waals surface area contributed by atoms with Crippen molar-refractivity contribution in [2.75, 3.05) is 0 Å². The van der Waals surface area contributed by atoms with Crippen molar-refractivity contribution in [2.45, 2.75) is 0 Å². The summed E-state index contributed by atoms with van der Waals surface area (Å²) in [5.74, 6) is -0.428. The molecule has 0 unspecified atom stereocenters. The molecule has 3 aromatic rings. The Balaban J connectivity index is 2.57. The van der Waals surface area contributed by atoms with Gasteiger partial charge in [0.2, 0.25) is 0 Å². The topological polar surface area (TPSA) is 58.9 Å². The van der Waals surface area contributed by atoms with Gasteiger partial charge in [-0.05, 0) is 23.6 Å². The molecule has 4 nitrogen and oxygen atoms in total. The first-order valence-electron chi connectivity index (χ1n) is 4.19. The van der Waals surface area contributed by atoms with Gasteiger partial charge in [-0.25, -0.2) is 4.79 Å². The van der Waals surface area contributed by atoms with E-state index in [4.69, 9.17) is 4.42 Å². The van der Waals surface area contributed by atoms with Crippen LogP contribution in [0, 0.1) is 0 Å². The summed E-state index contributed by atoms with van der Waals surface area (Å²) in [5, 5.41) is 1.99. The van der Waals surface area contributed by atoms with Crippen molar-refractivity contribution in [3.8, 4) is 0 Å². The van der Waals surface area contributed by atoms with Crippen LogP contribution in [0.1, 0.15) is 0 Å². The van der Waals surface area contributed by atoms with Crippen molar-refractivity contribution < 1.29 is 4.42 Å². The van der Waals surface area contributed by atoms with Gasteiger partial charge in [0, 0.05) is 17.8 Å². The summed E-state index contributed by atoms with van der Waals surface area (Å²) in [6.45, 7) is 0. The molecule has 2 aromatic heterocycles. The van der Waals surface area contributed by atoms with E-state index in [0.717, 1.165) is 10.8 Å². The molecule has 0 aliphatic rings. The first-order chi connectivity index (χ1) is 6.83. The number of rotatable bonds is 0. The smallest absolute Gasteiger partial charge is 0.408 e. The molecule has 1 aromatic carbocycles. The van der Waals surface area contributed by atoms with Crippen LogP contribution in [0.5, 0.6) is 0 Å². The van der Waals surface area contributed by atoms with E-state index < -0.39 is 5.76 Å². The van der Waals surface area contributed by atoms with Crippen LogP contribution in [0.3, 0.4) is 0 Å². The predicted octanol–water partition coefficient (Wildman–Crippen LogP) is 1.67. The summed E-state index contributed by atoms with van der Waals surface area (Å²) in [6.07, 6.45) is 3.45. The number of aromatic amines is 1. The van der Waals surface area contributed by atoms with Crippen molar-refractivity contribution in [3.63, 3.8) is 0 Å². The predicted molar refractivity (Wildman–Crippen MR) is 52.1 cm³/mol. The van der Waals surface area contributed by atoms with Crippen molar-refractivity contribution in [1.82, 2.24) is 9.97 Å². The highest BCUT2D eigenvalue weighted by molar-refractivity contribution is 5.93. The van der Waals surface area contributed by atoms with Crippen LogP contribution in [-0.4, -0.2) is 9.97 Å². The molecule has 68 valence electrons. The van der Waals surface area contributed by atoms with E-state index in [-0.39, 0.29) is 0 Å². The summed E-state index contributed by atoms with van der Waals surface area (Å²) in [4.78, 5) is 17.5. The highest BCUT2D eigenvalue weighted by atomic mass is 16.4.